The van der Waals surface area contributed by atoms with Gasteiger partial charge in [-0.1, -0.05) is 77.8 Å². The standard InChI is InChI=1S/C46H64N2O13/c1-12-14-15-19-30(13-2)61-47-22-31-36-41(54)34-33(40(31)53)35-43(28(8)39(34)52)60-46(10,44(35)55)58-21-20-32(57-11)25(5)42(59-29(9)49)27(7)38(51)26(6)37(50)23(3)17-16-18-24(4)45(56)48-36/h16-18,20-23,25-27,30,32,37-38,42,50-54H,12-15,19H2,1-11H3,(H,48,56)/b17-16+,21-20+,24-18-,47-22+. The lowest BCUT2D eigenvalue weighted by molar-refractivity contribution is -0.160. The fraction of sp³-hybridized carbons (Fsp3) is 0.565. The van der Waals surface area contributed by atoms with E-state index in [4.69, 9.17) is 23.8 Å². The average molecular weight is 853 g/mol. The highest BCUT2D eigenvalue weighted by atomic mass is 16.7. The molecule has 0 saturated carbocycles. The SMILES string of the molecule is CCCCCC(CC)O/N=C/c1c2c(O)c3c(O)c(C)c4c(c3c1O)C(=O)C(C)(O/C=C/C(OC)C(C)C(OC(C)=O)C(C)C(O)C(C)C(O)C(C)/C=C/C=C(/C)C(=O)N2)O4. The molecule has 0 saturated heterocycles. The molecule has 0 aromatic heterocycles. The normalized spacial score (nSPS) is 30.0. The summed E-state index contributed by atoms with van der Waals surface area (Å²) in [5, 5.41) is 64.6. The summed E-state index contributed by atoms with van der Waals surface area (Å²) in [6.45, 7) is 16.5. The number of oxime groups is 1. The molecule has 0 fully saturated rings. The van der Waals surface area contributed by atoms with Crippen molar-refractivity contribution in [2.75, 3.05) is 12.4 Å². The quantitative estimate of drug-likeness (QED) is 0.0342. The number of fused-ring (bicyclic) bond motifs is 14. The average Bonchev–Trinajstić information content (AvgIpc) is 3.49. The third-order valence-electron chi connectivity index (χ3n) is 12.0. The summed E-state index contributed by atoms with van der Waals surface area (Å²) in [6.07, 6.45) is 8.67. The molecule has 5 bridgehead atoms. The number of ketones is 1. The number of aliphatic hydroxyl groups is 2. The van der Waals surface area contributed by atoms with Crippen molar-refractivity contribution in [3.05, 3.63) is 52.8 Å². The van der Waals surface area contributed by atoms with Crippen LogP contribution in [0.5, 0.6) is 23.0 Å². The first-order valence-corrected chi connectivity index (χ1v) is 21.0. The molecule has 61 heavy (non-hydrogen) atoms. The van der Waals surface area contributed by atoms with Crippen molar-refractivity contribution in [1.29, 1.82) is 0 Å². The molecule has 15 nitrogen and oxygen atoms in total. The molecule has 3 aliphatic heterocycles. The largest absolute Gasteiger partial charge is 0.507 e. The van der Waals surface area contributed by atoms with Gasteiger partial charge in [0.15, 0.2) is 5.75 Å². The Hall–Kier alpha value is -5.12. The Balaban J connectivity index is 1.96. The minimum Gasteiger partial charge on any atom is -0.507 e. The van der Waals surface area contributed by atoms with Gasteiger partial charge in [0, 0.05) is 61.2 Å². The van der Waals surface area contributed by atoms with E-state index in [2.05, 4.69) is 17.4 Å². The van der Waals surface area contributed by atoms with Crippen LogP contribution in [0.15, 0.2) is 41.3 Å². The van der Waals surface area contributed by atoms with Crippen molar-refractivity contribution in [3.8, 4) is 23.0 Å². The van der Waals surface area contributed by atoms with Crippen molar-refractivity contribution in [1.82, 2.24) is 0 Å². The van der Waals surface area contributed by atoms with Crippen LogP contribution >= 0.6 is 0 Å². The van der Waals surface area contributed by atoms with E-state index < -0.39 is 88.8 Å². The molecule has 336 valence electrons. The second-order valence-electron chi connectivity index (χ2n) is 16.5. The van der Waals surface area contributed by atoms with Crippen molar-refractivity contribution >= 4 is 40.3 Å². The van der Waals surface area contributed by atoms with E-state index in [0.29, 0.717) is 6.42 Å². The smallest absolute Gasteiger partial charge is 0.312 e. The summed E-state index contributed by atoms with van der Waals surface area (Å²) >= 11 is 0. The number of hydrogen-bond acceptors (Lipinski definition) is 14. The van der Waals surface area contributed by atoms with E-state index >= 15 is 0 Å². The Morgan fingerprint density at radius 3 is 2.28 bits per heavy atom. The van der Waals surface area contributed by atoms with E-state index in [1.807, 2.05) is 6.92 Å². The Labute approximate surface area is 358 Å². The minimum absolute atomic E-state index is 0.0409. The van der Waals surface area contributed by atoms with Gasteiger partial charge >= 0.3 is 11.8 Å². The highest BCUT2D eigenvalue weighted by molar-refractivity contribution is 6.23. The highest BCUT2D eigenvalue weighted by Crippen LogP contribution is 2.55. The maximum absolute atomic E-state index is 14.4. The Bertz CT molecular complexity index is 2060. The Kier molecular flexibility index (Phi) is 16.4. The van der Waals surface area contributed by atoms with Crippen LogP contribution in [0.2, 0.25) is 0 Å². The molecule has 1 amide bonds. The van der Waals surface area contributed by atoms with Crippen LogP contribution in [0.1, 0.15) is 116 Å². The number of aromatic hydroxyl groups is 3. The first-order valence-electron chi connectivity index (χ1n) is 21.0. The zero-order valence-corrected chi connectivity index (χ0v) is 37.1. The van der Waals surface area contributed by atoms with Gasteiger partial charge in [-0.2, -0.15) is 0 Å². The second kappa shape index (κ2) is 20.6. The van der Waals surface area contributed by atoms with Crippen molar-refractivity contribution in [2.24, 2.45) is 28.8 Å². The van der Waals surface area contributed by atoms with Gasteiger partial charge in [-0.3, -0.25) is 14.4 Å². The zero-order valence-electron chi connectivity index (χ0n) is 37.1. The first-order chi connectivity index (χ1) is 28.8. The summed E-state index contributed by atoms with van der Waals surface area (Å²) < 4.78 is 23.6. The number of hydrogen-bond donors (Lipinski definition) is 6. The molecule has 5 rings (SSSR count). The summed E-state index contributed by atoms with van der Waals surface area (Å²) in [4.78, 5) is 46.3. The number of nitrogens with one attached hydrogen (secondary N) is 1. The Morgan fingerprint density at radius 1 is 0.967 bits per heavy atom. The lowest BCUT2D eigenvalue weighted by atomic mass is 9.78. The molecule has 10 unspecified atom stereocenters. The summed E-state index contributed by atoms with van der Waals surface area (Å²) in [6, 6.07) is 0. The van der Waals surface area contributed by atoms with Crippen LogP contribution in [0.3, 0.4) is 0 Å². The minimum atomic E-state index is -2.06. The second-order valence-corrected chi connectivity index (χ2v) is 16.5. The highest BCUT2D eigenvalue weighted by Gasteiger charge is 2.50. The van der Waals surface area contributed by atoms with Crippen LogP contribution in [0.4, 0.5) is 5.69 Å². The number of Topliss-reactive ketones (excluding diaryl/α,β-unsaturated/α-hetero) is 1. The summed E-state index contributed by atoms with van der Waals surface area (Å²) in [7, 11) is 1.43. The molecular formula is C46H64N2O13. The molecule has 3 aliphatic rings. The van der Waals surface area contributed by atoms with Crippen molar-refractivity contribution in [2.45, 2.75) is 138 Å². The molecule has 3 heterocycles. The number of methoxy groups -OCH3 is 1. The molecule has 2 aromatic carbocycles. The number of rotatable bonds is 10. The van der Waals surface area contributed by atoms with Gasteiger partial charge in [-0.05, 0) is 39.2 Å². The van der Waals surface area contributed by atoms with Gasteiger partial charge in [0.1, 0.15) is 29.5 Å². The molecule has 15 heteroatoms. The van der Waals surface area contributed by atoms with Gasteiger partial charge in [-0.25, -0.2) is 0 Å². The van der Waals surface area contributed by atoms with Gasteiger partial charge in [-0.15, -0.1) is 0 Å². The lowest BCUT2D eigenvalue weighted by Crippen LogP contribution is -2.46. The summed E-state index contributed by atoms with van der Waals surface area (Å²) in [5.74, 6) is -8.57. The monoisotopic (exact) mass is 852 g/mol. The molecule has 0 aliphatic carbocycles. The third kappa shape index (κ3) is 10.3. The fourth-order valence-corrected chi connectivity index (χ4v) is 8.00. The fourth-order valence-electron chi connectivity index (χ4n) is 8.00. The van der Waals surface area contributed by atoms with Crippen LogP contribution < -0.4 is 10.1 Å². The van der Waals surface area contributed by atoms with Crippen molar-refractivity contribution < 1.29 is 63.7 Å². The number of phenols is 3. The third-order valence-corrected chi connectivity index (χ3v) is 12.0. The zero-order chi connectivity index (χ0) is 45.5. The number of aliphatic hydroxyl groups excluding tert-OH is 2. The number of nitrogens with zero attached hydrogens (tertiary/aromatic N) is 1. The van der Waals surface area contributed by atoms with E-state index in [0.717, 1.165) is 31.9 Å². The van der Waals surface area contributed by atoms with Crippen LogP contribution in [-0.2, 0) is 28.6 Å². The Morgan fingerprint density at radius 2 is 1.66 bits per heavy atom. The van der Waals surface area contributed by atoms with Gasteiger partial charge in [0.2, 0.25) is 0 Å². The van der Waals surface area contributed by atoms with Gasteiger partial charge in [0.05, 0.1) is 53.0 Å². The predicted octanol–water partition coefficient (Wildman–Crippen LogP) is 7.46. The number of allylic oxidation sites excluding steroid dienone is 2. The van der Waals surface area contributed by atoms with Crippen molar-refractivity contribution in [3.63, 3.8) is 0 Å². The number of anilines is 1. The molecule has 0 spiro atoms. The molecular weight excluding hydrogens is 789 g/mol. The molecule has 10 atom stereocenters. The van der Waals surface area contributed by atoms with E-state index in [1.54, 1.807) is 39.8 Å². The summed E-state index contributed by atoms with van der Waals surface area (Å²) in [5.41, 5.74) is -0.546. The maximum atomic E-state index is 14.4. The number of carbonyl (C=O) groups is 3. The van der Waals surface area contributed by atoms with E-state index in [-0.39, 0.29) is 50.6 Å². The van der Waals surface area contributed by atoms with Crippen LogP contribution in [0.25, 0.3) is 10.8 Å². The number of amides is 1. The van der Waals surface area contributed by atoms with E-state index in [1.165, 1.54) is 53.2 Å². The van der Waals surface area contributed by atoms with Gasteiger partial charge < -0.3 is 54.6 Å². The number of esters is 1. The molecule has 6 N–H and O–H groups in total. The number of ether oxygens (including phenoxy) is 4. The van der Waals surface area contributed by atoms with Crippen LogP contribution in [-0.4, -0.2) is 92.8 Å². The number of carbonyl (C=O) groups excluding carboxylic acids is 3. The lowest BCUT2D eigenvalue weighted by Gasteiger charge is -2.38. The molecule has 2 aromatic rings. The predicted molar refractivity (Wildman–Crippen MR) is 231 cm³/mol. The maximum Gasteiger partial charge on any atom is 0.312 e. The number of unbranched alkanes of at least 4 members (excludes halogenated alkanes) is 2. The number of benzene rings is 2. The topological polar surface area (TPSA) is 223 Å². The van der Waals surface area contributed by atoms with Crippen LogP contribution in [0, 0.1) is 30.6 Å². The number of phenolic OH excluding ortho intramolecular Hbond substituents is 3. The molecule has 0 radical (unpaired) electrons. The van der Waals surface area contributed by atoms with E-state index in [9.17, 15) is 39.9 Å². The van der Waals surface area contributed by atoms with Gasteiger partial charge in [0.25, 0.3) is 11.7 Å². The first kappa shape index (κ1) is 48.5.